The molecule has 35 heavy (non-hydrogen) atoms. The van der Waals surface area contributed by atoms with Crippen molar-refractivity contribution in [3.05, 3.63) is 70.8 Å². The lowest BCUT2D eigenvalue weighted by atomic mass is 10.0. The van der Waals surface area contributed by atoms with Crippen LogP contribution in [0.15, 0.2) is 53.5 Å². The number of rotatable bonds is 12. The topological polar surface area (TPSA) is 83.0 Å². The number of ether oxygens (including phenoxy) is 1. The van der Waals surface area contributed by atoms with Gasteiger partial charge < -0.3 is 20.5 Å². The first-order valence-electron chi connectivity index (χ1n) is 12.4. The second kappa shape index (κ2) is 13.8. The van der Waals surface area contributed by atoms with E-state index in [1.807, 2.05) is 59.9 Å². The van der Waals surface area contributed by atoms with Crippen molar-refractivity contribution in [2.45, 2.75) is 72.6 Å². The summed E-state index contributed by atoms with van der Waals surface area (Å²) in [4.78, 5) is 17.7. The van der Waals surface area contributed by atoms with Crippen LogP contribution in [0.4, 0.5) is 0 Å². The van der Waals surface area contributed by atoms with E-state index in [0.29, 0.717) is 18.4 Å². The Morgan fingerprint density at radius 1 is 1.11 bits per heavy atom. The van der Waals surface area contributed by atoms with Crippen LogP contribution in [0.1, 0.15) is 68.1 Å². The molecule has 2 atom stereocenters. The van der Waals surface area contributed by atoms with Gasteiger partial charge >= 0.3 is 0 Å². The molecule has 6 nitrogen and oxygen atoms in total. The fourth-order valence-corrected chi connectivity index (χ4v) is 3.71. The molecule has 0 aromatic heterocycles. The SMILES string of the molecule is C/C=C(\N=C(C)C(C)NC)c1ccc(C[C@@H](CCO)NC(=O)c2ccc(OC(C)C)c(C)c2)cc1. The average Bonchev–Trinajstić information content (AvgIpc) is 2.83. The van der Waals surface area contributed by atoms with Gasteiger partial charge in [0.25, 0.3) is 5.91 Å². The molecule has 0 radical (unpaired) electrons. The Balaban J connectivity index is 2.10. The van der Waals surface area contributed by atoms with Crippen molar-refractivity contribution in [3.63, 3.8) is 0 Å². The molecule has 1 unspecified atom stereocenters. The molecule has 0 aliphatic heterocycles. The van der Waals surface area contributed by atoms with Crippen LogP contribution in [0.5, 0.6) is 5.75 Å². The van der Waals surface area contributed by atoms with Crippen LogP contribution in [-0.4, -0.2) is 48.6 Å². The number of aliphatic hydroxyl groups excluding tert-OH is 1. The van der Waals surface area contributed by atoms with E-state index in [0.717, 1.165) is 33.8 Å². The Labute approximate surface area is 210 Å². The number of carbonyl (C=O) groups is 1. The molecular weight excluding hydrogens is 438 g/mol. The van der Waals surface area contributed by atoms with E-state index in [-0.39, 0.29) is 30.7 Å². The number of amides is 1. The molecule has 0 aliphatic rings. The number of aliphatic imine (C=N–C) groups is 1. The molecule has 6 heteroatoms. The predicted molar refractivity (Wildman–Crippen MR) is 145 cm³/mol. The molecule has 2 aromatic carbocycles. The number of benzene rings is 2. The van der Waals surface area contributed by atoms with Gasteiger partial charge in [-0.15, -0.1) is 0 Å². The van der Waals surface area contributed by atoms with E-state index >= 15 is 0 Å². The molecule has 0 saturated carbocycles. The third kappa shape index (κ3) is 8.64. The number of aliphatic hydroxyl groups is 1. The molecule has 1 amide bonds. The zero-order valence-electron chi connectivity index (χ0n) is 22.2. The van der Waals surface area contributed by atoms with Gasteiger partial charge in [0.05, 0.1) is 11.8 Å². The van der Waals surface area contributed by atoms with Crippen LogP contribution >= 0.6 is 0 Å². The van der Waals surface area contributed by atoms with Gasteiger partial charge in [-0.3, -0.25) is 9.79 Å². The molecule has 0 aliphatic carbocycles. The number of allylic oxidation sites excluding steroid dienone is 1. The summed E-state index contributed by atoms with van der Waals surface area (Å²) < 4.78 is 5.77. The van der Waals surface area contributed by atoms with Gasteiger partial charge in [-0.25, -0.2) is 0 Å². The van der Waals surface area contributed by atoms with E-state index < -0.39 is 0 Å². The normalized spacial score (nSPS) is 14.1. The zero-order chi connectivity index (χ0) is 26.0. The van der Waals surface area contributed by atoms with Crippen molar-refractivity contribution < 1.29 is 14.6 Å². The van der Waals surface area contributed by atoms with E-state index in [4.69, 9.17) is 9.73 Å². The Hall–Kier alpha value is -2.96. The van der Waals surface area contributed by atoms with Crippen LogP contribution in [0.2, 0.25) is 0 Å². The standard InChI is InChI=1S/C29H41N3O3/c1-8-27(31-22(6)21(5)30-7)24-11-9-23(10-12-24)18-26(15-16-33)32-29(34)25-13-14-28(20(4)17-25)35-19(2)3/h8-14,17,19,21,26,30,33H,15-16,18H2,1-7H3,(H,32,34)/b27-8-,31-22?/t21?,26-/m1/s1. The summed E-state index contributed by atoms with van der Waals surface area (Å²) in [5.41, 5.74) is 5.58. The minimum absolute atomic E-state index is 0.00356. The van der Waals surface area contributed by atoms with Gasteiger partial charge in [-0.05, 0) is 96.3 Å². The number of nitrogens with one attached hydrogen (secondary N) is 2. The van der Waals surface area contributed by atoms with Crippen molar-refractivity contribution in [2.24, 2.45) is 4.99 Å². The summed E-state index contributed by atoms with van der Waals surface area (Å²) in [6.07, 6.45) is 3.19. The number of hydrogen-bond donors (Lipinski definition) is 3. The summed E-state index contributed by atoms with van der Waals surface area (Å²) in [6.45, 7) is 12.0. The molecule has 0 spiro atoms. The van der Waals surface area contributed by atoms with E-state index in [2.05, 4.69) is 41.8 Å². The summed E-state index contributed by atoms with van der Waals surface area (Å²) in [6, 6.07) is 13.7. The van der Waals surface area contributed by atoms with Crippen LogP contribution in [0.25, 0.3) is 5.70 Å². The molecule has 0 bridgehead atoms. The first-order valence-corrected chi connectivity index (χ1v) is 12.4. The largest absolute Gasteiger partial charge is 0.491 e. The third-order valence-electron chi connectivity index (χ3n) is 5.97. The first kappa shape index (κ1) is 28.3. The van der Waals surface area contributed by atoms with Gasteiger partial charge in [0.1, 0.15) is 5.75 Å². The number of nitrogens with zero attached hydrogens (tertiary/aromatic N) is 1. The Morgan fingerprint density at radius 3 is 2.31 bits per heavy atom. The van der Waals surface area contributed by atoms with Crippen molar-refractivity contribution in [2.75, 3.05) is 13.7 Å². The van der Waals surface area contributed by atoms with Gasteiger partial charge in [0, 0.05) is 30.0 Å². The highest BCUT2D eigenvalue weighted by Gasteiger charge is 2.16. The smallest absolute Gasteiger partial charge is 0.251 e. The summed E-state index contributed by atoms with van der Waals surface area (Å²) >= 11 is 0. The minimum Gasteiger partial charge on any atom is -0.491 e. The van der Waals surface area contributed by atoms with Crippen LogP contribution in [0, 0.1) is 6.92 Å². The highest BCUT2D eigenvalue weighted by atomic mass is 16.5. The van der Waals surface area contributed by atoms with E-state index in [1.165, 1.54) is 0 Å². The van der Waals surface area contributed by atoms with E-state index in [9.17, 15) is 9.90 Å². The van der Waals surface area contributed by atoms with Crippen LogP contribution in [0.3, 0.4) is 0 Å². The maximum absolute atomic E-state index is 12.9. The number of hydrogen-bond acceptors (Lipinski definition) is 5. The van der Waals surface area contributed by atoms with Gasteiger partial charge in [0.15, 0.2) is 0 Å². The van der Waals surface area contributed by atoms with Crippen LogP contribution in [-0.2, 0) is 6.42 Å². The predicted octanol–water partition coefficient (Wildman–Crippen LogP) is 4.94. The molecular formula is C29H41N3O3. The highest BCUT2D eigenvalue weighted by molar-refractivity contribution is 5.95. The lowest BCUT2D eigenvalue weighted by molar-refractivity contribution is 0.0930. The van der Waals surface area contributed by atoms with Crippen molar-refractivity contribution in [3.8, 4) is 5.75 Å². The van der Waals surface area contributed by atoms with Gasteiger partial charge in [-0.2, -0.15) is 0 Å². The highest BCUT2D eigenvalue weighted by Crippen LogP contribution is 2.21. The molecule has 0 heterocycles. The second-order valence-corrected chi connectivity index (χ2v) is 9.17. The average molecular weight is 480 g/mol. The Morgan fingerprint density at radius 2 is 1.77 bits per heavy atom. The Bertz CT molecular complexity index is 1030. The van der Waals surface area contributed by atoms with E-state index in [1.54, 1.807) is 6.07 Å². The third-order valence-corrected chi connectivity index (χ3v) is 5.97. The minimum atomic E-state index is -0.178. The molecule has 3 N–H and O–H groups in total. The number of aryl methyl sites for hydroxylation is 1. The maximum Gasteiger partial charge on any atom is 0.251 e. The molecule has 2 aromatic rings. The lowest BCUT2D eigenvalue weighted by Crippen LogP contribution is -2.37. The quantitative estimate of drug-likeness (QED) is 0.377. The number of carbonyl (C=O) groups excluding carboxylic acids is 1. The monoisotopic (exact) mass is 479 g/mol. The zero-order valence-corrected chi connectivity index (χ0v) is 22.2. The lowest BCUT2D eigenvalue weighted by Gasteiger charge is -2.19. The summed E-state index contributed by atoms with van der Waals surface area (Å²) in [7, 11) is 1.92. The molecule has 0 saturated heterocycles. The fraction of sp³-hybridized carbons (Fsp3) is 0.448. The van der Waals surface area contributed by atoms with Crippen molar-refractivity contribution >= 4 is 17.3 Å². The van der Waals surface area contributed by atoms with Gasteiger partial charge in [0.2, 0.25) is 0 Å². The van der Waals surface area contributed by atoms with Crippen LogP contribution < -0.4 is 15.4 Å². The first-order chi connectivity index (χ1) is 16.7. The molecule has 0 fully saturated rings. The van der Waals surface area contributed by atoms with Gasteiger partial charge in [-0.1, -0.05) is 30.3 Å². The second-order valence-electron chi connectivity index (χ2n) is 9.17. The summed E-state index contributed by atoms with van der Waals surface area (Å²) in [5.74, 6) is 0.628. The maximum atomic E-state index is 12.9. The Kier molecular flexibility index (Phi) is 11.2. The molecule has 190 valence electrons. The summed E-state index contributed by atoms with van der Waals surface area (Å²) in [5, 5.41) is 15.9. The van der Waals surface area contributed by atoms with Crippen molar-refractivity contribution in [1.82, 2.24) is 10.6 Å². The fourth-order valence-electron chi connectivity index (χ4n) is 3.71. The molecule has 2 rings (SSSR count). The van der Waals surface area contributed by atoms with Crippen molar-refractivity contribution in [1.29, 1.82) is 0 Å².